The Morgan fingerprint density at radius 1 is 1.19 bits per heavy atom. The average molecular weight is 234 g/mol. The van der Waals surface area contributed by atoms with E-state index in [0.717, 1.165) is 19.3 Å². The third-order valence-electron chi connectivity index (χ3n) is 1.30. The van der Waals surface area contributed by atoms with Gasteiger partial charge >= 0.3 is 12.3 Å². The highest BCUT2D eigenvalue weighted by Crippen LogP contribution is 1.93. The second kappa shape index (κ2) is 13.3. The van der Waals surface area contributed by atoms with E-state index in [1.807, 2.05) is 0 Å². The first-order valence-electron chi connectivity index (χ1n) is 4.86. The van der Waals surface area contributed by atoms with Crippen LogP contribution in [-0.2, 0) is 9.47 Å². The maximum Gasteiger partial charge on any atom is 0.506 e. The van der Waals surface area contributed by atoms with Gasteiger partial charge in [0.2, 0.25) is 0 Å². The molecule has 2 N–H and O–H groups in total. The molecule has 6 heteroatoms. The highest BCUT2D eigenvalue weighted by molar-refractivity contribution is 5.57. The van der Waals surface area contributed by atoms with Gasteiger partial charge in [-0.1, -0.05) is 32.4 Å². The maximum atomic E-state index is 9.74. The molecule has 94 valence electrons. The van der Waals surface area contributed by atoms with Gasteiger partial charge in [0, 0.05) is 0 Å². The number of ether oxygens (including phenoxy) is 2. The predicted molar refractivity (Wildman–Crippen MR) is 57.7 cm³/mol. The fourth-order valence-corrected chi connectivity index (χ4v) is 0.642. The number of rotatable bonds is 6. The summed E-state index contributed by atoms with van der Waals surface area (Å²) in [6, 6.07) is 0. The van der Waals surface area contributed by atoms with E-state index in [-0.39, 0.29) is 6.61 Å². The maximum absolute atomic E-state index is 9.74. The quantitative estimate of drug-likeness (QED) is 0.417. The molecule has 0 amide bonds. The first kappa shape index (κ1) is 16.7. The van der Waals surface area contributed by atoms with Crippen LogP contribution in [0.3, 0.4) is 0 Å². The molecule has 0 unspecified atom stereocenters. The van der Waals surface area contributed by atoms with E-state index in [2.05, 4.69) is 23.0 Å². The van der Waals surface area contributed by atoms with Crippen LogP contribution < -0.4 is 0 Å². The van der Waals surface area contributed by atoms with Gasteiger partial charge in [-0.15, -0.1) is 0 Å². The van der Waals surface area contributed by atoms with Crippen LogP contribution in [-0.4, -0.2) is 35.7 Å². The second-order valence-corrected chi connectivity index (χ2v) is 2.69. The fraction of sp³-hybridized carbons (Fsp3) is 0.600. The zero-order valence-electron chi connectivity index (χ0n) is 9.35. The van der Waals surface area contributed by atoms with Crippen molar-refractivity contribution < 1.29 is 29.3 Å². The largest absolute Gasteiger partial charge is 0.506 e. The van der Waals surface area contributed by atoms with Crippen molar-refractivity contribution in [2.45, 2.75) is 26.2 Å². The van der Waals surface area contributed by atoms with Crippen LogP contribution in [0.25, 0.3) is 0 Å². The summed E-state index contributed by atoms with van der Waals surface area (Å²) in [6.07, 6.45) is 1.89. The molecule has 0 aliphatic heterocycles. The van der Waals surface area contributed by atoms with Crippen molar-refractivity contribution in [2.75, 3.05) is 13.2 Å². The molecule has 6 nitrogen and oxygen atoms in total. The van der Waals surface area contributed by atoms with Crippen LogP contribution in [0.5, 0.6) is 0 Å². The van der Waals surface area contributed by atoms with Crippen LogP contribution in [0.4, 0.5) is 9.59 Å². The van der Waals surface area contributed by atoms with Gasteiger partial charge in [0.05, 0.1) is 6.61 Å². The third-order valence-corrected chi connectivity index (χ3v) is 1.30. The summed E-state index contributed by atoms with van der Waals surface area (Å²) in [6.45, 7) is 5.70. The van der Waals surface area contributed by atoms with Crippen LogP contribution in [0.1, 0.15) is 26.2 Å². The fourth-order valence-electron chi connectivity index (χ4n) is 0.642. The van der Waals surface area contributed by atoms with Gasteiger partial charge in [0.25, 0.3) is 0 Å². The summed E-state index contributed by atoms with van der Waals surface area (Å²) >= 11 is 0. The monoisotopic (exact) mass is 234 g/mol. The molecule has 0 bridgehead atoms. The van der Waals surface area contributed by atoms with E-state index in [0.29, 0.717) is 6.61 Å². The lowest BCUT2D eigenvalue weighted by molar-refractivity contribution is 0.0899. The first-order valence-corrected chi connectivity index (χ1v) is 4.86. The van der Waals surface area contributed by atoms with Gasteiger partial charge in [0.1, 0.15) is 6.61 Å². The third kappa shape index (κ3) is 22.8. The van der Waals surface area contributed by atoms with Crippen molar-refractivity contribution in [3.63, 3.8) is 0 Å². The molecular formula is C10H18O6. The van der Waals surface area contributed by atoms with Crippen LogP contribution in [0.15, 0.2) is 12.7 Å². The molecule has 0 aliphatic rings. The van der Waals surface area contributed by atoms with Gasteiger partial charge in [0.15, 0.2) is 0 Å². The zero-order chi connectivity index (χ0) is 12.8. The van der Waals surface area contributed by atoms with Crippen molar-refractivity contribution in [3.8, 4) is 0 Å². The molecular weight excluding hydrogens is 216 g/mol. The predicted octanol–water partition coefficient (Wildman–Crippen LogP) is 2.74. The van der Waals surface area contributed by atoms with Gasteiger partial charge in [-0.2, -0.15) is 0 Å². The Labute approximate surface area is 94.5 Å². The summed E-state index contributed by atoms with van der Waals surface area (Å²) < 4.78 is 8.25. The van der Waals surface area contributed by atoms with E-state index in [1.165, 1.54) is 6.08 Å². The van der Waals surface area contributed by atoms with E-state index < -0.39 is 12.3 Å². The summed E-state index contributed by atoms with van der Waals surface area (Å²) in [7, 11) is 0. The minimum Gasteiger partial charge on any atom is -0.450 e. The van der Waals surface area contributed by atoms with E-state index >= 15 is 0 Å². The Balaban J connectivity index is 0. The molecule has 0 rings (SSSR count). The first-order chi connectivity index (χ1) is 7.54. The topological polar surface area (TPSA) is 93.1 Å². The lowest BCUT2D eigenvalue weighted by Gasteiger charge is -1.96. The number of unbranched alkanes of at least 4 members (excludes halogenated alkanes) is 2. The summed E-state index contributed by atoms with van der Waals surface area (Å²) in [5.41, 5.74) is 0. The minimum absolute atomic E-state index is 0.0648. The van der Waals surface area contributed by atoms with Crippen molar-refractivity contribution in [1.82, 2.24) is 0 Å². The van der Waals surface area contributed by atoms with Crippen LogP contribution in [0.2, 0.25) is 0 Å². The van der Waals surface area contributed by atoms with Crippen molar-refractivity contribution in [1.29, 1.82) is 0 Å². The summed E-state index contributed by atoms with van der Waals surface area (Å²) in [4.78, 5) is 19.2. The number of carbonyl (C=O) groups is 2. The number of carboxylic acid groups (broad SMARTS) is 2. The Morgan fingerprint density at radius 2 is 1.75 bits per heavy atom. The Morgan fingerprint density at radius 3 is 2.06 bits per heavy atom. The van der Waals surface area contributed by atoms with Crippen molar-refractivity contribution in [2.24, 2.45) is 0 Å². The van der Waals surface area contributed by atoms with Crippen molar-refractivity contribution in [3.05, 3.63) is 12.7 Å². The molecule has 0 spiro atoms. The van der Waals surface area contributed by atoms with E-state index in [4.69, 9.17) is 10.2 Å². The number of hydrogen-bond acceptors (Lipinski definition) is 4. The molecule has 0 heterocycles. The van der Waals surface area contributed by atoms with E-state index in [9.17, 15) is 9.59 Å². The van der Waals surface area contributed by atoms with Gasteiger partial charge in [-0.25, -0.2) is 9.59 Å². The van der Waals surface area contributed by atoms with Crippen LogP contribution in [0, 0.1) is 0 Å². The molecule has 0 aromatic heterocycles. The van der Waals surface area contributed by atoms with Gasteiger partial charge in [-0.3, -0.25) is 0 Å². The molecule has 0 aromatic carbocycles. The van der Waals surface area contributed by atoms with Crippen molar-refractivity contribution >= 4 is 12.3 Å². The Hall–Kier alpha value is -1.72. The molecule has 0 aromatic rings. The molecule has 0 radical (unpaired) electrons. The Bertz CT molecular complexity index is 201. The second-order valence-electron chi connectivity index (χ2n) is 2.69. The SMILES string of the molecule is C=CCOC(=O)O.CCCCCOC(=O)O. The highest BCUT2D eigenvalue weighted by Gasteiger charge is 1.93. The Kier molecular flexibility index (Phi) is 13.9. The number of hydrogen-bond donors (Lipinski definition) is 2. The smallest absolute Gasteiger partial charge is 0.450 e. The van der Waals surface area contributed by atoms with E-state index in [1.54, 1.807) is 0 Å². The van der Waals surface area contributed by atoms with Gasteiger partial charge in [-0.05, 0) is 6.42 Å². The standard InChI is InChI=1S/C6H12O3.C4H6O3/c1-2-3-4-5-9-6(7)8;1-2-3-7-4(5)6/h2-5H2,1H3,(H,7,8);2H,1,3H2,(H,5,6). The molecule has 0 aliphatic carbocycles. The lowest BCUT2D eigenvalue weighted by atomic mass is 10.3. The minimum atomic E-state index is -1.26. The summed E-state index contributed by atoms with van der Waals surface area (Å²) in [5, 5.41) is 15.8. The normalized spacial score (nSPS) is 8.31. The van der Waals surface area contributed by atoms with Gasteiger partial charge < -0.3 is 19.7 Å². The molecule has 0 atom stereocenters. The molecule has 16 heavy (non-hydrogen) atoms. The summed E-state index contributed by atoms with van der Waals surface area (Å²) in [5.74, 6) is 0. The molecule has 0 saturated heterocycles. The average Bonchev–Trinajstić information content (AvgIpc) is 2.22. The van der Waals surface area contributed by atoms with Crippen LogP contribution >= 0.6 is 0 Å². The zero-order valence-corrected chi connectivity index (χ0v) is 9.35. The highest BCUT2D eigenvalue weighted by atomic mass is 16.7. The lowest BCUT2D eigenvalue weighted by Crippen LogP contribution is -2.00. The molecule has 0 fully saturated rings. The molecule has 0 saturated carbocycles.